The third-order valence-corrected chi connectivity index (χ3v) is 5.89. The van der Waals surface area contributed by atoms with Gasteiger partial charge in [-0.3, -0.25) is 9.48 Å². The van der Waals surface area contributed by atoms with Crippen LogP contribution in [0, 0.1) is 19.8 Å². The summed E-state index contributed by atoms with van der Waals surface area (Å²) in [6.07, 6.45) is 4.51. The van der Waals surface area contributed by atoms with Crippen LogP contribution >= 0.6 is 0 Å². The molecule has 2 saturated heterocycles. The molecule has 0 aliphatic carbocycles. The second kappa shape index (κ2) is 9.70. The molecule has 0 bridgehead atoms. The van der Waals surface area contributed by atoms with E-state index in [9.17, 15) is 4.79 Å². The number of likely N-dealkylation sites (tertiary alicyclic amines) is 1. The van der Waals surface area contributed by atoms with E-state index in [-0.39, 0.29) is 18.5 Å². The molecule has 2 fully saturated rings. The van der Waals surface area contributed by atoms with Gasteiger partial charge in [0.1, 0.15) is 12.6 Å². The van der Waals surface area contributed by atoms with Gasteiger partial charge in [0, 0.05) is 38.5 Å². The van der Waals surface area contributed by atoms with Gasteiger partial charge in [-0.05, 0) is 51.5 Å². The fraction of sp³-hybridized carbons (Fsp3) is 0.714. The van der Waals surface area contributed by atoms with Crippen LogP contribution in [-0.4, -0.2) is 63.7 Å². The van der Waals surface area contributed by atoms with Gasteiger partial charge in [0.05, 0.1) is 12.3 Å². The van der Waals surface area contributed by atoms with Crippen LogP contribution in [0.1, 0.15) is 54.8 Å². The Morgan fingerprint density at radius 1 is 1.27 bits per heavy atom. The van der Waals surface area contributed by atoms with Gasteiger partial charge in [-0.25, -0.2) is 0 Å². The molecule has 0 radical (unpaired) electrons. The van der Waals surface area contributed by atoms with Gasteiger partial charge < -0.3 is 18.9 Å². The number of amides is 1. The molecule has 0 aromatic carbocycles. The Labute approximate surface area is 176 Å². The fourth-order valence-corrected chi connectivity index (χ4v) is 4.21. The molecule has 9 nitrogen and oxygen atoms in total. The molecule has 4 rings (SSSR count). The second-order valence-electron chi connectivity index (χ2n) is 8.26. The third-order valence-electron chi connectivity index (χ3n) is 5.89. The van der Waals surface area contributed by atoms with E-state index >= 15 is 0 Å². The lowest BCUT2D eigenvalue weighted by Gasteiger charge is -2.22. The first-order valence-electron chi connectivity index (χ1n) is 10.9. The van der Waals surface area contributed by atoms with Crippen LogP contribution in [-0.2, 0) is 27.2 Å². The molecule has 1 atom stereocenters. The Balaban J connectivity index is 1.28. The number of carbonyl (C=O) groups excluding carboxylic acids is 1. The minimum atomic E-state index is -0.154. The second-order valence-corrected chi connectivity index (χ2v) is 8.26. The van der Waals surface area contributed by atoms with Crippen molar-refractivity contribution < 1.29 is 18.8 Å². The molecule has 0 spiro atoms. The van der Waals surface area contributed by atoms with E-state index in [1.807, 2.05) is 24.8 Å². The minimum absolute atomic E-state index is 0.0308. The average Bonchev–Trinajstić information content (AvgIpc) is 3.46. The summed E-state index contributed by atoms with van der Waals surface area (Å²) in [7, 11) is 0. The summed E-state index contributed by atoms with van der Waals surface area (Å²) in [5.74, 6) is 1.77. The molecule has 1 amide bonds. The molecule has 0 N–H and O–H groups in total. The van der Waals surface area contributed by atoms with Crippen LogP contribution in [0.25, 0.3) is 0 Å². The zero-order chi connectivity index (χ0) is 20.9. The van der Waals surface area contributed by atoms with Crippen LogP contribution in [0.15, 0.2) is 10.6 Å². The van der Waals surface area contributed by atoms with Crippen molar-refractivity contribution in [3.8, 4) is 0 Å². The summed E-state index contributed by atoms with van der Waals surface area (Å²) in [5.41, 5.74) is 1.90. The molecular weight excluding hydrogens is 386 g/mol. The molecule has 2 aromatic rings. The molecular formula is C21H31N5O4. The minimum Gasteiger partial charge on any atom is -0.381 e. The Hall–Kier alpha value is -2.26. The summed E-state index contributed by atoms with van der Waals surface area (Å²) in [6, 6.07) is 1.82. The van der Waals surface area contributed by atoms with Crippen molar-refractivity contribution in [1.29, 1.82) is 0 Å². The van der Waals surface area contributed by atoms with Crippen LogP contribution in [0.2, 0.25) is 0 Å². The summed E-state index contributed by atoms with van der Waals surface area (Å²) >= 11 is 0. The van der Waals surface area contributed by atoms with Crippen molar-refractivity contribution in [2.45, 2.75) is 58.5 Å². The van der Waals surface area contributed by atoms with Crippen molar-refractivity contribution in [3.63, 3.8) is 0 Å². The number of hydrogen-bond acceptors (Lipinski definition) is 7. The number of aryl methyl sites for hydroxylation is 2. The Morgan fingerprint density at radius 2 is 2.10 bits per heavy atom. The normalized spacial score (nSPS) is 20.2. The van der Waals surface area contributed by atoms with E-state index in [1.165, 1.54) is 0 Å². The van der Waals surface area contributed by atoms with Crippen LogP contribution in [0.4, 0.5) is 0 Å². The van der Waals surface area contributed by atoms with Gasteiger partial charge in [0.25, 0.3) is 0 Å². The Kier molecular flexibility index (Phi) is 6.79. The van der Waals surface area contributed by atoms with Crippen molar-refractivity contribution in [2.75, 3.05) is 33.0 Å². The lowest BCUT2D eigenvalue weighted by Crippen LogP contribution is -2.34. The summed E-state index contributed by atoms with van der Waals surface area (Å²) < 4.78 is 18.4. The molecule has 30 heavy (non-hydrogen) atoms. The highest BCUT2D eigenvalue weighted by molar-refractivity contribution is 5.76. The summed E-state index contributed by atoms with van der Waals surface area (Å²) in [4.78, 5) is 19.3. The maximum atomic E-state index is 12.9. The predicted molar refractivity (Wildman–Crippen MR) is 108 cm³/mol. The first-order valence-corrected chi connectivity index (χ1v) is 10.9. The topological polar surface area (TPSA) is 95.5 Å². The van der Waals surface area contributed by atoms with Crippen molar-refractivity contribution >= 4 is 5.91 Å². The number of aromatic nitrogens is 4. The first kappa shape index (κ1) is 21.0. The zero-order valence-electron chi connectivity index (χ0n) is 17.9. The van der Waals surface area contributed by atoms with E-state index in [1.54, 1.807) is 4.68 Å². The van der Waals surface area contributed by atoms with Gasteiger partial charge >= 0.3 is 0 Å². The Bertz CT molecular complexity index is 842. The summed E-state index contributed by atoms with van der Waals surface area (Å²) in [5, 5.41) is 8.49. The van der Waals surface area contributed by atoms with Gasteiger partial charge in [0.2, 0.25) is 11.8 Å². The fourth-order valence-electron chi connectivity index (χ4n) is 4.21. The van der Waals surface area contributed by atoms with Crippen LogP contribution in [0.5, 0.6) is 0 Å². The maximum Gasteiger partial charge on any atom is 0.249 e. The molecule has 1 unspecified atom stereocenters. The highest BCUT2D eigenvalue weighted by Crippen LogP contribution is 2.31. The maximum absolute atomic E-state index is 12.9. The van der Waals surface area contributed by atoms with Crippen LogP contribution < -0.4 is 0 Å². The SMILES string of the molecule is Cc1cc(C)n(CC(=O)N2CCCC2c2nc(CCOCC3CCOCC3)no2)n1. The number of carbonyl (C=O) groups is 1. The van der Waals surface area contributed by atoms with Crippen molar-refractivity contribution in [2.24, 2.45) is 5.92 Å². The van der Waals surface area contributed by atoms with Crippen molar-refractivity contribution in [3.05, 3.63) is 29.2 Å². The Morgan fingerprint density at radius 3 is 2.87 bits per heavy atom. The van der Waals surface area contributed by atoms with Gasteiger partial charge in [-0.1, -0.05) is 5.16 Å². The quantitative estimate of drug-likeness (QED) is 0.608. The molecule has 2 aromatic heterocycles. The summed E-state index contributed by atoms with van der Waals surface area (Å²) in [6.45, 7) is 7.82. The lowest BCUT2D eigenvalue weighted by atomic mass is 10.0. The van der Waals surface area contributed by atoms with Gasteiger partial charge in [-0.2, -0.15) is 10.1 Å². The molecule has 164 valence electrons. The number of nitrogens with zero attached hydrogens (tertiary/aromatic N) is 5. The zero-order valence-corrected chi connectivity index (χ0v) is 17.9. The largest absolute Gasteiger partial charge is 0.381 e. The average molecular weight is 418 g/mol. The first-order chi connectivity index (χ1) is 14.6. The van der Waals surface area contributed by atoms with E-state index in [4.69, 9.17) is 14.0 Å². The monoisotopic (exact) mass is 417 g/mol. The molecule has 4 heterocycles. The highest BCUT2D eigenvalue weighted by Gasteiger charge is 2.34. The van der Waals surface area contributed by atoms with Crippen LogP contribution in [0.3, 0.4) is 0 Å². The number of hydrogen-bond donors (Lipinski definition) is 0. The van der Waals surface area contributed by atoms with Gasteiger partial charge in [-0.15, -0.1) is 0 Å². The van der Waals surface area contributed by atoms with Gasteiger partial charge in [0.15, 0.2) is 5.82 Å². The molecule has 9 heteroatoms. The predicted octanol–water partition coefficient (Wildman–Crippen LogP) is 2.23. The van der Waals surface area contributed by atoms with E-state index in [2.05, 4.69) is 15.2 Å². The van der Waals surface area contributed by atoms with Crippen molar-refractivity contribution in [1.82, 2.24) is 24.8 Å². The third kappa shape index (κ3) is 5.07. The molecule has 0 saturated carbocycles. The number of ether oxygens (including phenoxy) is 2. The lowest BCUT2D eigenvalue weighted by molar-refractivity contribution is -0.133. The molecule has 2 aliphatic rings. The highest BCUT2D eigenvalue weighted by atomic mass is 16.5. The standard InChI is InChI=1S/C21H31N5O4/c1-15-12-16(2)26(23-15)13-20(27)25-8-3-4-18(25)21-22-19(24-30-21)7-11-29-14-17-5-9-28-10-6-17/h12,17-18H,3-11,13-14H2,1-2H3. The van der Waals surface area contributed by atoms with E-state index < -0.39 is 0 Å². The van der Waals surface area contributed by atoms with E-state index in [0.29, 0.717) is 37.2 Å². The van der Waals surface area contributed by atoms with E-state index in [0.717, 1.165) is 56.9 Å². The number of rotatable bonds is 8. The smallest absolute Gasteiger partial charge is 0.249 e. The molecule has 2 aliphatic heterocycles.